The summed E-state index contributed by atoms with van der Waals surface area (Å²) in [5.74, 6) is -0.451. The van der Waals surface area contributed by atoms with Gasteiger partial charge in [-0.3, -0.25) is 20.4 Å². The minimum atomic E-state index is -3.75. The van der Waals surface area contributed by atoms with Crippen molar-refractivity contribution in [2.45, 2.75) is 30.8 Å². The molecule has 0 unspecified atom stereocenters. The number of ether oxygens (including phenoxy) is 1. The fourth-order valence-electron chi connectivity index (χ4n) is 2.90. The van der Waals surface area contributed by atoms with Gasteiger partial charge >= 0.3 is 0 Å². The normalized spacial score (nSPS) is 16.0. The summed E-state index contributed by atoms with van der Waals surface area (Å²) in [5, 5.41) is 3.26. The fraction of sp³-hybridized carbons (Fsp3) is 0.300. The topological polar surface area (TPSA) is 109 Å². The zero-order valence-corrected chi connectivity index (χ0v) is 18.1. The molecule has 30 heavy (non-hydrogen) atoms. The van der Waals surface area contributed by atoms with Crippen LogP contribution in [-0.4, -0.2) is 38.7 Å². The second kappa shape index (κ2) is 9.88. The van der Waals surface area contributed by atoms with Gasteiger partial charge in [0.05, 0.1) is 11.0 Å². The largest absolute Gasteiger partial charge is 0.376 e. The molecule has 3 rings (SSSR count). The van der Waals surface area contributed by atoms with Crippen LogP contribution in [0, 0.1) is 6.92 Å². The van der Waals surface area contributed by atoms with E-state index in [4.69, 9.17) is 17.0 Å². The first-order valence-corrected chi connectivity index (χ1v) is 11.4. The van der Waals surface area contributed by atoms with Gasteiger partial charge < -0.3 is 10.1 Å². The lowest BCUT2D eigenvalue weighted by molar-refractivity contribution is 0.0943. The van der Waals surface area contributed by atoms with E-state index < -0.39 is 15.9 Å². The van der Waals surface area contributed by atoms with Crippen molar-refractivity contribution in [3.05, 3.63) is 59.7 Å². The molecule has 10 heteroatoms. The molecule has 1 fully saturated rings. The lowest BCUT2D eigenvalue weighted by Crippen LogP contribution is -2.48. The number of carbonyl (C=O) groups excluding carboxylic acids is 1. The average molecular weight is 449 g/mol. The summed E-state index contributed by atoms with van der Waals surface area (Å²) in [6.07, 6.45) is 2.14. The lowest BCUT2D eigenvalue weighted by atomic mass is 10.2. The number of hydrazine groups is 1. The number of hydrogen-bond acceptors (Lipinski definition) is 5. The molecule has 1 atom stereocenters. The van der Waals surface area contributed by atoms with E-state index in [1.165, 1.54) is 18.2 Å². The number of nitrogens with one attached hydrogen (secondary N) is 4. The Labute approximate surface area is 181 Å². The Morgan fingerprint density at radius 3 is 2.63 bits per heavy atom. The number of aryl methyl sites for hydroxylation is 1. The predicted octanol–water partition coefficient (Wildman–Crippen LogP) is 2.08. The summed E-state index contributed by atoms with van der Waals surface area (Å²) in [6, 6.07) is 12.7. The van der Waals surface area contributed by atoms with Crippen LogP contribution in [0.4, 0.5) is 5.69 Å². The van der Waals surface area contributed by atoms with Crippen molar-refractivity contribution < 1.29 is 17.9 Å². The summed E-state index contributed by atoms with van der Waals surface area (Å²) >= 11 is 5.13. The van der Waals surface area contributed by atoms with E-state index in [9.17, 15) is 13.2 Å². The van der Waals surface area contributed by atoms with Gasteiger partial charge in [-0.15, -0.1) is 0 Å². The third kappa shape index (κ3) is 6.15. The van der Waals surface area contributed by atoms with Crippen LogP contribution in [0.2, 0.25) is 0 Å². The average Bonchev–Trinajstić information content (AvgIpc) is 3.24. The van der Waals surface area contributed by atoms with Crippen LogP contribution in [0.3, 0.4) is 0 Å². The minimum absolute atomic E-state index is 0.124. The molecule has 1 saturated heterocycles. The van der Waals surface area contributed by atoms with E-state index >= 15 is 0 Å². The van der Waals surface area contributed by atoms with Crippen LogP contribution < -0.4 is 20.9 Å². The van der Waals surface area contributed by atoms with Gasteiger partial charge in [-0.05, 0) is 62.3 Å². The molecule has 1 aliphatic heterocycles. The molecule has 8 nitrogen and oxygen atoms in total. The fourth-order valence-corrected chi connectivity index (χ4v) is 4.08. The van der Waals surface area contributed by atoms with Crippen molar-refractivity contribution in [3.8, 4) is 0 Å². The summed E-state index contributed by atoms with van der Waals surface area (Å²) in [4.78, 5) is 12.5. The van der Waals surface area contributed by atoms with Crippen LogP contribution in [0.5, 0.6) is 0 Å². The number of rotatable bonds is 6. The van der Waals surface area contributed by atoms with Gasteiger partial charge in [0, 0.05) is 24.4 Å². The van der Waals surface area contributed by atoms with Gasteiger partial charge in [-0.2, -0.15) is 0 Å². The highest BCUT2D eigenvalue weighted by Crippen LogP contribution is 2.18. The molecule has 0 aromatic heterocycles. The number of sulfonamides is 1. The van der Waals surface area contributed by atoms with Crippen molar-refractivity contribution in [3.63, 3.8) is 0 Å². The number of carbonyl (C=O) groups is 1. The van der Waals surface area contributed by atoms with Gasteiger partial charge in [-0.1, -0.05) is 23.8 Å². The lowest BCUT2D eigenvalue weighted by Gasteiger charge is -2.15. The zero-order valence-electron chi connectivity index (χ0n) is 16.5. The maximum Gasteiger partial charge on any atom is 0.269 e. The highest BCUT2D eigenvalue weighted by Gasteiger charge is 2.16. The van der Waals surface area contributed by atoms with Crippen LogP contribution >= 0.6 is 12.2 Å². The van der Waals surface area contributed by atoms with Gasteiger partial charge in [-0.25, -0.2) is 8.42 Å². The highest BCUT2D eigenvalue weighted by atomic mass is 32.2. The smallest absolute Gasteiger partial charge is 0.269 e. The molecular formula is C20H24N4O4S2. The standard InChI is InChI=1S/C20H24N4O4S2/c1-14-7-9-18(10-8-14)30(26,27)24-16-5-2-4-15(12-16)19(25)22-23-20(29)21-13-17-6-3-11-28-17/h2,4-5,7-10,12,17,24H,3,6,11,13H2,1H3,(H,22,25)(H2,21,23,29)/t17-/m0/s1. The summed E-state index contributed by atoms with van der Waals surface area (Å²) < 4.78 is 33.0. The number of hydrogen-bond donors (Lipinski definition) is 4. The number of thiocarbonyl (C=S) groups is 1. The zero-order chi connectivity index (χ0) is 21.6. The summed E-state index contributed by atoms with van der Waals surface area (Å²) in [7, 11) is -3.75. The molecule has 2 aromatic rings. The first-order valence-electron chi connectivity index (χ1n) is 9.49. The predicted molar refractivity (Wildman–Crippen MR) is 119 cm³/mol. The molecule has 0 bridgehead atoms. The minimum Gasteiger partial charge on any atom is -0.376 e. The van der Waals surface area contributed by atoms with Crippen LogP contribution in [0.1, 0.15) is 28.8 Å². The van der Waals surface area contributed by atoms with Crippen molar-refractivity contribution in [1.82, 2.24) is 16.2 Å². The van der Waals surface area contributed by atoms with E-state index in [-0.39, 0.29) is 27.4 Å². The van der Waals surface area contributed by atoms with Crippen LogP contribution in [0.25, 0.3) is 0 Å². The molecule has 160 valence electrons. The molecular weight excluding hydrogens is 424 g/mol. The Bertz CT molecular complexity index is 1000. The van der Waals surface area contributed by atoms with Gasteiger partial charge in [0.25, 0.3) is 15.9 Å². The second-order valence-electron chi connectivity index (χ2n) is 6.92. The van der Waals surface area contributed by atoms with Crippen molar-refractivity contribution in [1.29, 1.82) is 0 Å². The molecule has 4 N–H and O–H groups in total. The number of anilines is 1. The van der Waals surface area contributed by atoms with Crippen LogP contribution in [0.15, 0.2) is 53.4 Å². The summed E-state index contributed by atoms with van der Waals surface area (Å²) in [6.45, 7) is 3.20. The molecule has 0 radical (unpaired) electrons. The SMILES string of the molecule is Cc1ccc(S(=O)(=O)Nc2cccc(C(=O)NNC(=S)NC[C@@H]3CCCO3)c2)cc1. The summed E-state index contributed by atoms with van der Waals surface area (Å²) in [5.41, 5.74) is 6.63. The monoisotopic (exact) mass is 448 g/mol. The molecule has 2 aromatic carbocycles. The van der Waals surface area contributed by atoms with Crippen molar-refractivity contribution >= 4 is 38.9 Å². The Balaban J connectivity index is 1.55. The molecule has 0 spiro atoms. The second-order valence-corrected chi connectivity index (χ2v) is 9.01. The Morgan fingerprint density at radius 1 is 1.17 bits per heavy atom. The van der Waals surface area contributed by atoms with E-state index in [2.05, 4.69) is 20.9 Å². The molecule has 1 aliphatic rings. The first kappa shape index (κ1) is 22.0. The maximum absolute atomic E-state index is 12.5. The molecule has 0 aliphatic carbocycles. The molecule has 0 saturated carbocycles. The Morgan fingerprint density at radius 2 is 1.93 bits per heavy atom. The van der Waals surface area contributed by atoms with Crippen LogP contribution in [-0.2, 0) is 14.8 Å². The van der Waals surface area contributed by atoms with E-state index in [0.29, 0.717) is 6.54 Å². The van der Waals surface area contributed by atoms with Gasteiger partial charge in [0.15, 0.2) is 5.11 Å². The number of benzene rings is 2. The third-order valence-corrected chi connectivity index (χ3v) is 6.16. The van der Waals surface area contributed by atoms with Crippen molar-refractivity contribution in [2.24, 2.45) is 0 Å². The quantitative estimate of drug-likeness (QED) is 0.396. The molecule has 1 amide bonds. The Hall–Kier alpha value is -2.69. The number of amides is 1. The van der Waals surface area contributed by atoms with E-state index in [1.54, 1.807) is 30.3 Å². The van der Waals surface area contributed by atoms with Gasteiger partial charge in [0.1, 0.15) is 0 Å². The highest BCUT2D eigenvalue weighted by molar-refractivity contribution is 7.92. The van der Waals surface area contributed by atoms with Crippen molar-refractivity contribution in [2.75, 3.05) is 17.9 Å². The van der Waals surface area contributed by atoms with E-state index in [1.807, 2.05) is 6.92 Å². The van der Waals surface area contributed by atoms with E-state index in [0.717, 1.165) is 25.0 Å². The molecule has 1 heterocycles. The van der Waals surface area contributed by atoms with Gasteiger partial charge in [0.2, 0.25) is 0 Å². The Kier molecular flexibility index (Phi) is 7.24. The third-order valence-electron chi connectivity index (χ3n) is 4.51. The maximum atomic E-state index is 12.5. The first-order chi connectivity index (χ1) is 14.3.